The standard InChI is InChI=1S/C14H19N.ClH/c1-5-13(11(2)14(3,4)15)12-9-7-6-8-10-12;/h5-10,13H,1-2,15H2,3-4H3;1H. The lowest BCUT2D eigenvalue weighted by Crippen LogP contribution is -2.36. The number of hydrogen-bond donors (Lipinski definition) is 1. The van der Waals surface area contributed by atoms with Crippen LogP contribution in [0.25, 0.3) is 0 Å². The Morgan fingerprint density at radius 1 is 1.31 bits per heavy atom. The molecule has 0 spiro atoms. The molecule has 1 atom stereocenters. The van der Waals surface area contributed by atoms with Crippen LogP contribution in [0.2, 0.25) is 0 Å². The fourth-order valence-electron chi connectivity index (χ4n) is 1.54. The summed E-state index contributed by atoms with van der Waals surface area (Å²) < 4.78 is 0. The average Bonchev–Trinajstić information content (AvgIpc) is 2.19. The molecule has 0 aliphatic heterocycles. The molecule has 88 valence electrons. The Balaban J connectivity index is 0.00000225. The van der Waals surface area contributed by atoms with Gasteiger partial charge in [0.2, 0.25) is 0 Å². The number of nitrogens with two attached hydrogens (primary N) is 1. The van der Waals surface area contributed by atoms with E-state index in [1.807, 2.05) is 38.1 Å². The van der Waals surface area contributed by atoms with Gasteiger partial charge in [0.25, 0.3) is 0 Å². The predicted octanol–water partition coefficient (Wildman–Crippen LogP) is 3.67. The zero-order valence-corrected chi connectivity index (χ0v) is 10.8. The van der Waals surface area contributed by atoms with Gasteiger partial charge in [0, 0.05) is 11.5 Å². The summed E-state index contributed by atoms with van der Waals surface area (Å²) in [5, 5.41) is 0. The van der Waals surface area contributed by atoms with Gasteiger partial charge in [-0.25, -0.2) is 0 Å². The molecule has 0 aliphatic carbocycles. The second kappa shape index (κ2) is 5.88. The number of rotatable bonds is 4. The van der Waals surface area contributed by atoms with Crippen molar-refractivity contribution < 1.29 is 0 Å². The van der Waals surface area contributed by atoms with E-state index in [1.54, 1.807) is 0 Å². The topological polar surface area (TPSA) is 26.0 Å². The molecule has 1 aromatic carbocycles. The third kappa shape index (κ3) is 3.51. The molecule has 1 aromatic rings. The molecular weight excluding hydrogens is 218 g/mol. The van der Waals surface area contributed by atoms with Gasteiger partial charge < -0.3 is 5.73 Å². The number of hydrogen-bond acceptors (Lipinski definition) is 1. The SMILES string of the molecule is C=CC(C(=C)C(C)(C)N)c1ccccc1.Cl. The first-order chi connectivity index (χ1) is 6.96. The molecule has 0 saturated carbocycles. The molecule has 1 nitrogen and oxygen atoms in total. The summed E-state index contributed by atoms with van der Waals surface area (Å²) in [7, 11) is 0. The minimum atomic E-state index is -0.380. The van der Waals surface area contributed by atoms with Crippen LogP contribution in [0.5, 0.6) is 0 Å². The number of allylic oxidation sites excluding steroid dienone is 1. The molecule has 0 aromatic heterocycles. The third-order valence-electron chi connectivity index (χ3n) is 2.60. The Hall–Kier alpha value is -1.05. The summed E-state index contributed by atoms with van der Waals surface area (Å²) in [6.07, 6.45) is 1.90. The highest BCUT2D eigenvalue weighted by molar-refractivity contribution is 5.85. The summed E-state index contributed by atoms with van der Waals surface area (Å²) in [6.45, 7) is 11.9. The monoisotopic (exact) mass is 237 g/mol. The number of benzene rings is 1. The largest absolute Gasteiger partial charge is 0.322 e. The molecule has 2 heteroatoms. The maximum Gasteiger partial charge on any atom is 0.0317 e. The van der Waals surface area contributed by atoms with Crippen LogP contribution in [-0.4, -0.2) is 5.54 Å². The lowest BCUT2D eigenvalue weighted by Gasteiger charge is -2.27. The maximum absolute atomic E-state index is 6.05. The second-order valence-electron chi connectivity index (χ2n) is 4.37. The van der Waals surface area contributed by atoms with Crippen molar-refractivity contribution in [2.24, 2.45) is 5.73 Å². The predicted molar refractivity (Wildman–Crippen MR) is 74.0 cm³/mol. The van der Waals surface area contributed by atoms with E-state index in [4.69, 9.17) is 5.73 Å². The van der Waals surface area contributed by atoms with Crippen LogP contribution < -0.4 is 5.73 Å². The highest BCUT2D eigenvalue weighted by Crippen LogP contribution is 2.30. The zero-order valence-electron chi connectivity index (χ0n) is 9.94. The summed E-state index contributed by atoms with van der Waals surface area (Å²) in [5.74, 6) is 0.131. The van der Waals surface area contributed by atoms with Crippen LogP contribution in [0, 0.1) is 0 Å². The minimum absolute atomic E-state index is 0. The van der Waals surface area contributed by atoms with Crippen molar-refractivity contribution in [1.29, 1.82) is 0 Å². The maximum atomic E-state index is 6.05. The first-order valence-corrected chi connectivity index (χ1v) is 5.12. The van der Waals surface area contributed by atoms with Crippen molar-refractivity contribution >= 4 is 12.4 Å². The molecule has 1 rings (SSSR count). The van der Waals surface area contributed by atoms with Crippen molar-refractivity contribution in [3.8, 4) is 0 Å². The van der Waals surface area contributed by atoms with Crippen LogP contribution in [0.1, 0.15) is 25.3 Å². The molecular formula is C14H20ClN. The first kappa shape index (κ1) is 14.9. The van der Waals surface area contributed by atoms with E-state index in [-0.39, 0.29) is 23.9 Å². The lowest BCUT2D eigenvalue weighted by atomic mass is 9.82. The average molecular weight is 238 g/mol. The van der Waals surface area contributed by atoms with Crippen molar-refractivity contribution in [1.82, 2.24) is 0 Å². The van der Waals surface area contributed by atoms with E-state index >= 15 is 0 Å². The summed E-state index contributed by atoms with van der Waals surface area (Å²) >= 11 is 0. The third-order valence-corrected chi connectivity index (χ3v) is 2.60. The van der Waals surface area contributed by atoms with Crippen LogP contribution in [-0.2, 0) is 0 Å². The molecule has 1 unspecified atom stereocenters. The van der Waals surface area contributed by atoms with Gasteiger partial charge in [0.15, 0.2) is 0 Å². The lowest BCUT2D eigenvalue weighted by molar-refractivity contribution is 0.582. The minimum Gasteiger partial charge on any atom is -0.322 e. The quantitative estimate of drug-likeness (QED) is 0.795. The Morgan fingerprint density at radius 3 is 2.19 bits per heavy atom. The van der Waals surface area contributed by atoms with Gasteiger partial charge in [-0.05, 0) is 25.0 Å². The number of halogens is 1. The van der Waals surface area contributed by atoms with E-state index in [9.17, 15) is 0 Å². The van der Waals surface area contributed by atoms with Crippen molar-refractivity contribution in [3.05, 3.63) is 60.7 Å². The van der Waals surface area contributed by atoms with E-state index in [0.717, 1.165) is 5.57 Å². The molecule has 2 N–H and O–H groups in total. The van der Waals surface area contributed by atoms with Crippen LogP contribution >= 0.6 is 12.4 Å². The van der Waals surface area contributed by atoms with E-state index in [0.29, 0.717) is 0 Å². The van der Waals surface area contributed by atoms with Gasteiger partial charge in [-0.2, -0.15) is 0 Å². The van der Waals surface area contributed by atoms with Gasteiger partial charge in [0.1, 0.15) is 0 Å². The smallest absolute Gasteiger partial charge is 0.0317 e. The van der Waals surface area contributed by atoms with Crippen molar-refractivity contribution in [2.45, 2.75) is 25.3 Å². The summed E-state index contributed by atoms with van der Waals surface area (Å²) in [4.78, 5) is 0. The highest BCUT2D eigenvalue weighted by Gasteiger charge is 2.22. The normalized spacial score (nSPS) is 12.4. The molecule has 0 saturated heterocycles. The van der Waals surface area contributed by atoms with E-state index in [1.165, 1.54) is 5.56 Å². The molecule has 0 fully saturated rings. The zero-order chi connectivity index (χ0) is 11.5. The fourth-order valence-corrected chi connectivity index (χ4v) is 1.54. The highest BCUT2D eigenvalue weighted by atomic mass is 35.5. The van der Waals surface area contributed by atoms with E-state index in [2.05, 4.69) is 25.3 Å². The van der Waals surface area contributed by atoms with Crippen LogP contribution in [0.4, 0.5) is 0 Å². The van der Waals surface area contributed by atoms with Crippen LogP contribution in [0.15, 0.2) is 55.1 Å². The Morgan fingerprint density at radius 2 is 1.81 bits per heavy atom. The Labute approximate surface area is 104 Å². The van der Waals surface area contributed by atoms with Gasteiger partial charge >= 0.3 is 0 Å². The second-order valence-corrected chi connectivity index (χ2v) is 4.37. The molecule has 0 bridgehead atoms. The molecule has 16 heavy (non-hydrogen) atoms. The Kier molecular flexibility index (Phi) is 5.49. The van der Waals surface area contributed by atoms with Gasteiger partial charge in [0.05, 0.1) is 0 Å². The van der Waals surface area contributed by atoms with Gasteiger partial charge in [-0.15, -0.1) is 19.0 Å². The summed E-state index contributed by atoms with van der Waals surface area (Å²) in [6, 6.07) is 10.2. The van der Waals surface area contributed by atoms with Crippen molar-refractivity contribution in [2.75, 3.05) is 0 Å². The van der Waals surface area contributed by atoms with Crippen molar-refractivity contribution in [3.63, 3.8) is 0 Å². The fraction of sp³-hybridized carbons (Fsp3) is 0.286. The Bertz CT molecular complexity index is 349. The first-order valence-electron chi connectivity index (χ1n) is 5.12. The van der Waals surface area contributed by atoms with Crippen LogP contribution in [0.3, 0.4) is 0 Å². The molecule has 0 heterocycles. The molecule has 0 aliphatic rings. The van der Waals surface area contributed by atoms with Gasteiger partial charge in [-0.3, -0.25) is 0 Å². The summed E-state index contributed by atoms with van der Waals surface area (Å²) in [5.41, 5.74) is 7.85. The molecule has 0 radical (unpaired) electrons. The van der Waals surface area contributed by atoms with Gasteiger partial charge in [-0.1, -0.05) is 43.0 Å². The van der Waals surface area contributed by atoms with E-state index < -0.39 is 0 Å². The molecule has 0 amide bonds.